The SMILES string of the molecule is O=C(Cn1nc2ccccn2c1=O)Nc1ccccc1Cl. The van der Waals surface area contributed by atoms with E-state index in [9.17, 15) is 9.59 Å². The highest BCUT2D eigenvalue weighted by molar-refractivity contribution is 6.33. The summed E-state index contributed by atoms with van der Waals surface area (Å²) in [6.45, 7) is -0.175. The summed E-state index contributed by atoms with van der Waals surface area (Å²) in [7, 11) is 0. The van der Waals surface area contributed by atoms with Gasteiger partial charge in [0.25, 0.3) is 0 Å². The van der Waals surface area contributed by atoms with E-state index in [0.717, 1.165) is 4.68 Å². The van der Waals surface area contributed by atoms with Crippen molar-refractivity contribution >= 4 is 28.8 Å². The van der Waals surface area contributed by atoms with Crippen LogP contribution in [0.25, 0.3) is 5.65 Å². The topological polar surface area (TPSA) is 68.4 Å². The second-order valence-corrected chi connectivity index (χ2v) is 4.80. The van der Waals surface area contributed by atoms with Gasteiger partial charge in [0.05, 0.1) is 10.7 Å². The lowest BCUT2D eigenvalue weighted by molar-refractivity contribution is -0.117. The highest BCUT2D eigenvalue weighted by Gasteiger charge is 2.11. The van der Waals surface area contributed by atoms with Crippen LogP contribution in [0.4, 0.5) is 5.69 Å². The first kappa shape index (κ1) is 13.4. The molecule has 1 N–H and O–H groups in total. The van der Waals surface area contributed by atoms with Gasteiger partial charge in [0.1, 0.15) is 6.54 Å². The Morgan fingerprint density at radius 1 is 1.19 bits per heavy atom. The first-order chi connectivity index (χ1) is 10.1. The summed E-state index contributed by atoms with van der Waals surface area (Å²) in [6.07, 6.45) is 1.60. The summed E-state index contributed by atoms with van der Waals surface area (Å²) in [5, 5.41) is 7.18. The Bertz CT molecular complexity index is 869. The van der Waals surface area contributed by atoms with Gasteiger partial charge in [-0.15, -0.1) is 5.10 Å². The van der Waals surface area contributed by atoms with E-state index < -0.39 is 0 Å². The number of nitrogens with zero attached hydrogens (tertiary/aromatic N) is 3. The van der Waals surface area contributed by atoms with Gasteiger partial charge in [0.2, 0.25) is 5.91 Å². The van der Waals surface area contributed by atoms with E-state index >= 15 is 0 Å². The number of hydrogen-bond donors (Lipinski definition) is 1. The molecule has 2 heterocycles. The zero-order valence-electron chi connectivity index (χ0n) is 10.9. The van der Waals surface area contributed by atoms with E-state index in [1.54, 1.807) is 48.7 Å². The number of rotatable bonds is 3. The summed E-state index contributed by atoms with van der Waals surface area (Å²) >= 11 is 5.96. The summed E-state index contributed by atoms with van der Waals surface area (Å²) in [6, 6.07) is 12.1. The Hall–Kier alpha value is -2.60. The number of anilines is 1. The van der Waals surface area contributed by atoms with E-state index in [2.05, 4.69) is 10.4 Å². The van der Waals surface area contributed by atoms with Gasteiger partial charge in [-0.3, -0.25) is 9.20 Å². The molecular weight excluding hydrogens is 292 g/mol. The average Bonchev–Trinajstić information content (AvgIpc) is 2.78. The number of aromatic nitrogens is 3. The second kappa shape index (κ2) is 5.41. The Morgan fingerprint density at radius 3 is 2.71 bits per heavy atom. The van der Waals surface area contributed by atoms with Gasteiger partial charge in [-0.1, -0.05) is 29.8 Å². The summed E-state index contributed by atoms with van der Waals surface area (Å²) in [5.41, 5.74) is 0.633. The Labute approximate surface area is 124 Å². The fraction of sp³-hybridized carbons (Fsp3) is 0.0714. The lowest BCUT2D eigenvalue weighted by Crippen LogP contribution is -2.28. The molecule has 0 spiro atoms. The minimum absolute atomic E-state index is 0.175. The minimum Gasteiger partial charge on any atom is -0.323 e. The first-order valence-corrected chi connectivity index (χ1v) is 6.61. The molecule has 0 bridgehead atoms. The van der Waals surface area contributed by atoms with Crippen LogP contribution in [0.1, 0.15) is 0 Å². The van der Waals surface area contributed by atoms with Crippen LogP contribution in [-0.4, -0.2) is 20.1 Å². The molecule has 0 aliphatic heterocycles. The van der Waals surface area contributed by atoms with Crippen molar-refractivity contribution in [2.45, 2.75) is 6.54 Å². The number of hydrogen-bond acceptors (Lipinski definition) is 3. The van der Waals surface area contributed by atoms with Crippen molar-refractivity contribution in [1.29, 1.82) is 0 Å². The van der Waals surface area contributed by atoms with Gasteiger partial charge in [-0.2, -0.15) is 0 Å². The number of fused-ring (bicyclic) bond motifs is 1. The maximum atomic E-state index is 12.0. The second-order valence-electron chi connectivity index (χ2n) is 4.40. The smallest absolute Gasteiger partial charge is 0.323 e. The third kappa shape index (κ3) is 2.66. The molecule has 106 valence electrons. The van der Waals surface area contributed by atoms with Crippen LogP contribution in [0.2, 0.25) is 5.02 Å². The van der Waals surface area contributed by atoms with Gasteiger partial charge in [0.15, 0.2) is 5.65 Å². The van der Waals surface area contributed by atoms with Gasteiger partial charge in [-0.25, -0.2) is 9.48 Å². The van der Waals surface area contributed by atoms with Crippen LogP contribution >= 0.6 is 11.6 Å². The van der Waals surface area contributed by atoms with Gasteiger partial charge >= 0.3 is 5.69 Å². The Balaban J connectivity index is 1.82. The molecule has 0 aliphatic carbocycles. The third-order valence-corrected chi connectivity index (χ3v) is 3.26. The van der Waals surface area contributed by atoms with Gasteiger partial charge in [0, 0.05) is 6.20 Å². The van der Waals surface area contributed by atoms with Crippen LogP contribution in [-0.2, 0) is 11.3 Å². The summed E-state index contributed by atoms with van der Waals surface area (Å²) in [5.74, 6) is -0.367. The van der Waals surface area contributed by atoms with E-state index in [1.807, 2.05) is 0 Å². The average molecular weight is 303 g/mol. The van der Waals surface area contributed by atoms with Gasteiger partial charge in [-0.05, 0) is 24.3 Å². The minimum atomic E-state index is -0.367. The van der Waals surface area contributed by atoms with Crippen LogP contribution in [0, 0.1) is 0 Å². The van der Waals surface area contributed by atoms with Crippen molar-refractivity contribution in [3.63, 3.8) is 0 Å². The molecule has 0 saturated carbocycles. The normalized spacial score (nSPS) is 10.7. The van der Waals surface area contributed by atoms with Crippen molar-refractivity contribution in [2.24, 2.45) is 0 Å². The molecule has 1 aromatic carbocycles. The zero-order chi connectivity index (χ0) is 14.8. The molecule has 21 heavy (non-hydrogen) atoms. The quantitative estimate of drug-likeness (QED) is 0.802. The number of para-hydroxylation sites is 1. The molecule has 3 rings (SSSR count). The maximum Gasteiger partial charge on any atom is 0.350 e. The molecule has 7 heteroatoms. The van der Waals surface area contributed by atoms with E-state index in [0.29, 0.717) is 16.4 Å². The molecule has 2 aromatic heterocycles. The van der Waals surface area contributed by atoms with Crippen molar-refractivity contribution in [2.75, 3.05) is 5.32 Å². The largest absolute Gasteiger partial charge is 0.350 e. The van der Waals surface area contributed by atoms with Crippen molar-refractivity contribution in [3.8, 4) is 0 Å². The fourth-order valence-corrected chi connectivity index (χ4v) is 2.14. The molecule has 3 aromatic rings. The van der Waals surface area contributed by atoms with E-state index in [1.165, 1.54) is 4.40 Å². The molecule has 0 saturated heterocycles. The number of carbonyl (C=O) groups excluding carboxylic acids is 1. The molecular formula is C14H11ClN4O2. The Kier molecular flexibility index (Phi) is 3.45. The fourth-order valence-electron chi connectivity index (χ4n) is 1.96. The molecule has 0 atom stereocenters. The highest BCUT2D eigenvalue weighted by atomic mass is 35.5. The predicted molar refractivity (Wildman–Crippen MR) is 79.5 cm³/mol. The van der Waals surface area contributed by atoms with Crippen LogP contribution in [0.3, 0.4) is 0 Å². The molecule has 0 fully saturated rings. The molecule has 0 radical (unpaired) electrons. The lowest BCUT2D eigenvalue weighted by Gasteiger charge is -2.06. The van der Waals surface area contributed by atoms with Crippen molar-refractivity contribution in [1.82, 2.24) is 14.2 Å². The van der Waals surface area contributed by atoms with E-state index in [-0.39, 0.29) is 18.1 Å². The maximum absolute atomic E-state index is 12.0. The standard InChI is InChI=1S/C14H11ClN4O2/c15-10-5-1-2-6-11(10)16-13(20)9-19-14(21)18-8-4-3-7-12(18)17-19/h1-8H,9H2,(H,16,20). The number of benzene rings is 1. The van der Waals surface area contributed by atoms with Crippen LogP contribution in [0.5, 0.6) is 0 Å². The van der Waals surface area contributed by atoms with Crippen molar-refractivity contribution in [3.05, 3.63) is 64.2 Å². The third-order valence-electron chi connectivity index (χ3n) is 2.93. The van der Waals surface area contributed by atoms with Crippen LogP contribution in [0.15, 0.2) is 53.5 Å². The van der Waals surface area contributed by atoms with Crippen molar-refractivity contribution < 1.29 is 4.79 Å². The predicted octanol–water partition coefficient (Wildman–Crippen LogP) is 1.79. The molecule has 1 amide bonds. The number of amides is 1. The molecule has 0 unspecified atom stereocenters. The molecule has 6 nitrogen and oxygen atoms in total. The number of pyridine rings is 1. The zero-order valence-corrected chi connectivity index (χ0v) is 11.6. The Morgan fingerprint density at radius 2 is 1.95 bits per heavy atom. The first-order valence-electron chi connectivity index (χ1n) is 6.24. The molecule has 0 aliphatic rings. The number of nitrogens with one attached hydrogen (secondary N) is 1. The summed E-state index contributed by atoms with van der Waals surface area (Å²) in [4.78, 5) is 24.0. The van der Waals surface area contributed by atoms with E-state index in [4.69, 9.17) is 11.6 Å². The summed E-state index contributed by atoms with van der Waals surface area (Å²) < 4.78 is 2.49. The number of halogens is 1. The van der Waals surface area contributed by atoms with Gasteiger partial charge < -0.3 is 5.32 Å². The monoisotopic (exact) mass is 302 g/mol. The lowest BCUT2D eigenvalue weighted by atomic mass is 10.3. The van der Waals surface area contributed by atoms with Crippen LogP contribution < -0.4 is 11.0 Å². The highest BCUT2D eigenvalue weighted by Crippen LogP contribution is 2.20. The number of carbonyl (C=O) groups is 1.